The van der Waals surface area contributed by atoms with E-state index in [4.69, 9.17) is 5.11 Å². The summed E-state index contributed by atoms with van der Waals surface area (Å²) in [6, 6.07) is -0.417. The quantitative estimate of drug-likeness (QED) is 0.579. The molecule has 2 amide bonds. The van der Waals surface area contributed by atoms with Gasteiger partial charge >= 0.3 is 12.0 Å². The Morgan fingerprint density at radius 1 is 1.18 bits per heavy atom. The zero-order chi connectivity index (χ0) is 16.4. The fourth-order valence-electron chi connectivity index (χ4n) is 2.01. The average Bonchev–Trinajstić information content (AvgIpc) is 2.88. The molecule has 0 aliphatic heterocycles. The van der Waals surface area contributed by atoms with Crippen LogP contribution in [0.25, 0.3) is 0 Å². The van der Waals surface area contributed by atoms with Crippen LogP contribution in [-0.2, 0) is 6.54 Å². The highest BCUT2D eigenvalue weighted by molar-refractivity contribution is 5.98. The molecule has 1 aromatic rings. The largest absolute Gasteiger partial charge is 0.477 e. The average molecular weight is 310 g/mol. The number of aromatic carboxylic acids is 1. The number of amides is 2. The molecule has 0 bridgehead atoms. The predicted molar refractivity (Wildman–Crippen MR) is 85.3 cm³/mol. The Balaban J connectivity index is 2.53. The van der Waals surface area contributed by atoms with Gasteiger partial charge in [-0.25, -0.2) is 9.59 Å². The van der Waals surface area contributed by atoms with Gasteiger partial charge in [0.1, 0.15) is 5.56 Å². The lowest BCUT2D eigenvalue weighted by Crippen LogP contribution is -2.30. The molecule has 1 rings (SSSR count). The Morgan fingerprint density at radius 2 is 1.91 bits per heavy atom. The lowest BCUT2D eigenvalue weighted by Gasteiger charge is -2.06. The summed E-state index contributed by atoms with van der Waals surface area (Å²) in [5.74, 6) is -1.00. The first kappa shape index (κ1) is 18.0. The summed E-state index contributed by atoms with van der Waals surface area (Å²) in [4.78, 5) is 23.0. The van der Waals surface area contributed by atoms with Crippen LogP contribution in [-0.4, -0.2) is 33.4 Å². The molecule has 124 valence electrons. The Bertz CT molecular complexity index is 485. The SMILES string of the molecule is CCCCCCNC(=O)Nc1nn(CCCC)cc1C(=O)O. The molecule has 0 unspecified atom stereocenters. The van der Waals surface area contributed by atoms with Gasteiger partial charge in [-0.1, -0.05) is 39.5 Å². The first-order chi connectivity index (χ1) is 10.6. The van der Waals surface area contributed by atoms with Gasteiger partial charge in [-0.15, -0.1) is 0 Å². The van der Waals surface area contributed by atoms with E-state index in [2.05, 4.69) is 22.7 Å². The Labute approximate surface area is 131 Å². The van der Waals surface area contributed by atoms with Crippen LogP contribution in [0, 0.1) is 0 Å². The maximum absolute atomic E-state index is 11.8. The first-order valence-electron chi connectivity index (χ1n) is 7.94. The van der Waals surface area contributed by atoms with Gasteiger partial charge in [0, 0.05) is 19.3 Å². The summed E-state index contributed by atoms with van der Waals surface area (Å²) in [6.45, 7) is 5.39. The summed E-state index contributed by atoms with van der Waals surface area (Å²) in [6.07, 6.45) is 7.63. The van der Waals surface area contributed by atoms with Crippen molar-refractivity contribution in [2.45, 2.75) is 58.9 Å². The lowest BCUT2D eigenvalue weighted by atomic mass is 10.2. The third-order valence-corrected chi connectivity index (χ3v) is 3.28. The van der Waals surface area contributed by atoms with Crippen LogP contribution in [0.3, 0.4) is 0 Å². The summed E-state index contributed by atoms with van der Waals surface area (Å²) >= 11 is 0. The number of aryl methyl sites for hydroxylation is 1. The molecule has 0 aliphatic rings. The van der Waals surface area contributed by atoms with E-state index in [1.165, 1.54) is 6.20 Å². The maximum Gasteiger partial charge on any atom is 0.341 e. The van der Waals surface area contributed by atoms with E-state index < -0.39 is 12.0 Å². The molecule has 0 fully saturated rings. The van der Waals surface area contributed by atoms with Gasteiger partial charge in [-0.3, -0.25) is 10.00 Å². The van der Waals surface area contributed by atoms with E-state index in [1.807, 2.05) is 6.92 Å². The fraction of sp³-hybridized carbons (Fsp3) is 0.667. The molecule has 0 radical (unpaired) electrons. The van der Waals surface area contributed by atoms with E-state index in [-0.39, 0.29) is 11.4 Å². The molecule has 0 atom stereocenters. The highest BCUT2D eigenvalue weighted by Crippen LogP contribution is 2.13. The molecule has 3 N–H and O–H groups in total. The van der Waals surface area contributed by atoms with Crippen LogP contribution in [0.4, 0.5) is 10.6 Å². The predicted octanol–water partition coefficient (Wildman–Crippen LogP) is 3.08. The number of hydrogen-bond acceptors (Lipinski definition) is 3. The molecular formula is C15H26N4O3. The van der Waals surface area contributed by atoms with Crippen LogP contribution in [0.15, 0.2) is 6.20 Å². The van der Waals surface area contributed by atoms with E-state index in [0.29, 0.717) is 13.1 Å². The van der Waals surface area contributed by atoms with Crippen LogP contribution < -0.4 is 10.6 Å². The molecule has 0 aliphatic carbocycles. The van der Waals surface area contributed by atoms with Gasteiger partial charge in [0.2, 0.25) is 0 Å². The van der Waals surface area contributed by atoms with E-state index in [0.717, 1.165) is 38.5 Å². The zero-order valence-electron chi connectivity index (χ0n) is 13.4. The van der Waals surface area contributed by atoms with Crippen LogP contribution in [0.1, 0.15) is 62.7 Å². The normalized spacial score (nSPS) is 10.5. The highest BCUT2D eigenvalue weighted by atomic mass is 16.4. The number of rotatable bonds is 10. The molecular weight excluding hydrogens is 284 g/mol. The molecule has 7 nitrogen and oxygen atoms in total. The van der Waals surface area contributed by atoms with Gasteiger partial charge in [-0.2, -0.15) is 5.10 Å². The molecule has 1 heterocycles. The van der Waals surface area contributed by atoms with E-state index in [9.17, 15) is 9.59 Å². The van der Waals surface area contributed by atoms with Crippen molar-refractivity contribution in [3.8, 4) is 0 Å². The summed E-state index contributed by atoms with van der Waals surface area (Å²) < 4.78 is 1.56. The Kier molecular flexibility index (Phi) is 8.03. The number of carboxylic acids is 1. The minimum absolute atomic E-state index is 0.0113. The second-order valence-corrected chi connectivity index (χ2v) is 5.25. The van der Waals surface area contributed by atoms with Crippen LogP contribution in [0.2, 0.25) is 0 Å². The number of nitrogens with zero attached hydrogens (tertiary/aromatic N) is 2. The maximum atomic E-state index is 11.8. The molecule has 1 aromatic heterocycles. The zero-order valence-corrected chi connectivity index (χ0v) is 13.4. The van der Waals surface area contributed by atoms with Crippen molar-refractivity contribution in [2.75, 3.05) is 11.9 Å². The molecule has 0 saturated heterocycles. The topological polar surface area (TPSA) is 96.3 Å². The van der Waals surface area contributed by atoms with Crippen molar-refractivity contribution in [3.05, 3.63) is 11.8 Å². The van der Waals surface area contributed by atoms with Crippen molar-refractivity contribution >= 4 is 17.8 Å². The fourth-order valence-corrected chi connectivity index (χ4v) is 2.01. The lowest BCUT2D eigenvalue weighted by molar-refractivity contribution is 0.0698. The molecule has 22 heavy (non-hydrogen) atoms. The van der Waals surface area contributed by atoms with Gasteiger partial charge < -0.3 is 10.4 Å². The van der Waals surface area contributed by atoms with Crippen molar-refractivity contribution in [3.63, 3.8) is 0 Å². The number of unbranched alkanes of at least 4 members (excludes halogenated alkanes) is 4. The smallest absolute Gasteiger partial charge is 0.341 e. The van der Waals surface area contributed by atoms with Crippen LogP contribution >= 0.6 is 0 Å². The Hall–Kier alpha value is -2.05. The second kappa shape index (κ2) is 9.81. The number of carbonyl (C=O) groups excluding carboxylic acids is 1. The number of aromatic nitrogens is 2. The third kappa shape index (κ3) is 6.15. The van der Waals surface area contributed by atoms with Crippen LogP contribution in [0.5, 0.6) is 0 Å². The van der Waals surface area contributed by atoms with Gasteiger partial charge in [0.15, 0.2) is 5.82 Å². The summed E-state index contributed by atoms with van der Waals surface area (Å²) in [5.41, 5.74) is 0.0113. The number of nitrogens with one attached hydrogen (secondary N) is 2. The summed E-state index contributed by atoms with van der Waals surface area (Å²) in [7, 11) is 0. The number of anilines is 1. The van der Waals surface area contributed by atoms with Crippen molar-refractivity contribution < 1.29 is 14.7 Å². The second-order valence-electron chi connectivity index (χ2n) is 5.25. The molecule has 7 heteroatoms. The van der Waals surface area contributed by atoms with Crippen molar-refractivity contribution in [1.82, 2.24) is 15.1 Å². The number of urea groups is 1. The minimum Gasteiger partial charge on any atom is -0.477 e. The van der Waals surface area contributed by atoms with E-state index in [1.54, 1.807) is 4.68 Å². The van der Waals surface area contributed by atoms with Crippen molar-refractivity contribution in [2.24, 2.45) is 0 Å². The number of carboxylic acid groups (broad SMARTS) is 1. The molecule has 0 aromatic carbocycles. The van der Waals surface area contributed by atoms with Gasteiger partial charge in [-0.05, 0) is 12.8 Å². The number of hydrogen-bond donors (Lipinski definition) is 3. The summed E-state index contributed by atoms with van der Waals surface area (Å²) in [5, 5.41) is 18.5. The van der Waals surface area contributed by atoms with Crippen molar-refractivity contribution in [1.29, 1.82) is 0 Å². The third-order valence-electron chi connectivity index (χ3n) is 3.28. The first-order valence-corrected chi connectivity index (χ1v) is 7.94. The van der Waals surface area contributed by atoms with Gasteiger partial charge in [0.05, 0.1) is 0 Å². The Morgan fingerprint density at radius 3 is 2.55 bits per heavy atom. The van der Waals surface area contributed by atoms with Gasteiger partial charge in [0.25, 0.3) is 0 Å². The minimum atomic E-state index is -1.10. The highest BCUT2D eigenvalue weighted by Gasteiger charge is 2.17. The molecule has 0 saturated carbocycles. The monoisotopic (exact) mass is 310 g/mol. The number of carbonyl (C=O) groups is 2. The standard InChI is InChI=1S/C15H26N4O3/c1-3-5-7-8-9-16-15(22)17-13-12(14(20)21)11-19(18-13)10-6-4-2/h11H,3-10H2,1-2H3,(H,20,21)(H2,16,17,18,22). The van der Waals surface area contributed by atoms with E-state index >= 15 is 0 Å². The molecule has 0 spiro atoms.